The molecule has 0 aromatic rings. The summed E-state index contributed by atoms with van der Waals surface area (Å²) < 4.78 is 24.2. The molecule has 0 aromatic heterocycles. The highest BCUT2D eigenvalue weighted by Crippen LogP contribution is 2.27. The minimum absolute atomic E-state index is 0. The van der Waals surface area contributed by atoms with Gasteiger partial charge in [-0.2, -0.15) is 0 Å². The standard InChI is InChI=1S/C9H19NO2S.CH4/c1-8-3-5-9(6-4-8)7-10-13(2,11)12;/h8-10H,3-7H2,1-2H3;1H4. The zero-order valence-electron chi connectivity index (χ0n) is 8.41. The predicted molar refractivity (Wildman–Crippen MR) is 60.7 cm³/mol. The zero-order valence-corrected chi connectivity index (χ0v) is 9.23. The summed E-state index contributed by atoms with van der Waals surface area (Å²) in [7, 11) is -2.99. The normalized spacial score (nSPS) is 28.1. The molecule has 0 unspecified atom stereocenters. The van der Waals surface area contributed by atoms with Crippen LogP contribution in [0.4, 0.5) is 0 Å². The van der Waals surface area contributed by atoms with Crippen LogP contribution in [0.3, 0.4) is 0 Å². The first-order valence-electron chi connectivity index (χ1n) is 4.92. The van der Waals surface area contributed by atoms with Crippen LogP contribution in [0.25, 0.3) is 0 Å². The van der Waals surface area contributed by atoms with E-state index >= 15 is 0 Å². The number of rotatable bonds is 3. The van der Waals surface area contributed by atoms with Gasteiger partial charge < -0.3 is 0 Å². The highest BCUT2D eigenvalue weighted by Gasteiger charge is 2.18. The van der Waals surface area contributed by atoms with Crippen molar-refractivity contribution in [3.63, 3.8) is 0 Å². The van der Waals surface area contributed by atoms with Crippen molar-refractivity contribution in [2.45, 2.75) is 40.0 Å². The van der Waals surface area contributed by atoms with Crippen molar-refractivity contribution in [1.82, 2.24) is 4.72 Å². The first kappa shape index (κ1) is 13.9. The molecule has 86 valence electrons. The Hall–Kier alpha value is -0.0900. The molecule has 1 saturated carbocycles. The van der Waals surface area contributed by atoms with Crippen molar-refractivity contribution < 1.29 is 8.42 Å². The molecule has 1 N–H and O–H groups in total. The van der Waals surface area contributed by atoms with E-state index < -0.39 is 10.0 Å². The molecular formula is C10H23NO2S. The monoisotopic (exact) mass is 221 g/mol. The second-order valence-corrected chi connectivity index (χ2v) is 6.08. The topological polar surface area (TPSA) is 46.2 Å². The third-order valence-corrected chi connectivity index (χ3v) is 3.46. The molecule has 0 aliphatic heterocycles. The maximum atomic E-state index is 10.8. The summed E-state index contributed by atoms with van der Waals surface area (Å²) >= 11 is 0. The number of nitrogens with one attached hydrogen (secondary N) is 1. The molecule has 4 heteroatoms. The summed E-state index contributed by atoms with van der Waals surface area (Å²) in [6.07, 6.45) is 6.05. The van der Waals surface area contributed by atoms with E-state index in [1.807, 2.05) is 0 Å². The fraction of sp³-hybridized carbons (Fsp3) is 1.00. The van der Waals surface area contributed by atoms with Crippen molar-refractivity contribution in [1.29, 1.82) is 0 Å². The van der Waals surface area contributed by atoms with Gasteiger partial charge in [-0.1, -0.05) is 27.2 Å². The van der Waals surface area contributed by atoms with Crippen molar-refractivity contribution in [3.8, 4) is 0 Å². The molecule has 1 rings (SSSR count). The number of hydrogen-bond donors (Lipinski definition) is 1. The van der Waals surface area contributed by atoms with Crippen LogP contribution in [0.15, 0.2) is 0 Å². The average Bonchev–Trinajstić information content (AvgIpc) is 2.02. The van der Waals surface area contributed by atoms with Crippen LogP contribution < -0.4 is 4.72 Å². The molecule has 0 spiro atoms. The quantitative estimate of drug-likeness (QED) is 0.792. The average molecular weight is 221 g/mol. The molecule has 1 fully saturated rings. The van der Waals surface area contributed by atoms with E-state index in [1.54, 1.807) is 0 Å². The Balaban J connectivity index is 0.00000169. The van der Waals surface area contributed by atoms with E-state index in [9.17, 15) is 8.42 Å². The minimum atomic E-state index is -2.99. The molecule has 3 nitrogen and oxygen atoms in total. The second kappa shape index (κ2) is 5.71. The molecule has 0 bridgehead atoms. The Morgan fingerprint density at radius 3 is 2.14 bits per heavy atom. The van der Waals surface area contributed by atoms with Gasteiger partial charge in [0.2, 0.25) is 10.0 Å². The van der Waals surface area contributed by atoms with Crippen LogP contribution in [0.1, 0.15) is 40.0 Å². The predicted octanol–water partition coefficient (Wildman–Crippen LogP) is 2.00. The highest BCUT2D eigenvalue weighted by molar-refractivity contribution is 7.88. The summed E-state index contributed by atoms with van der Waals surface area (Å²) in [5, 5.41) is 0. The lowest BCUT2D eigenvalue weighted by molar-refractivity contribution is 0.291. The Kier molecular flexibility index (Phi) is 5.67. The van der Waals surface area contributed by atoms with Crippen LogP contribution >= 0.6 is 0 Å². The van der Waals surface area contributed by atoms with E-state index in [2.05, 4.69) is 11.6 Å². The van der Waals surface area contributed by atoms with Crippen LogP contribution in [0.2, 0.25) is 0 Å². The Morgan fingerprint density at radius 1 is 1.21 bits per heavy atom. The molecule has 0 radical (unpaired) electrons. The van der Waals surface area contributed by atoms with Crippen molar-refractivity contribution in [2.75, 3.05) is 12.8 Å². The fourth-order valence-electron chi connectivity index (χ4n) is 1.80. The molecule has 0 aromatic carbocycles. The molecule has 14 heavy (non-hydrogen) atoms. The van der Waals surface area contributed by atoms with Crippen molar-refractivity contribution >= 4 is 10.0 Å². The minimum Gasteiger partial charge on any atom is -0.215 e. The fourth-order valence-corrected chi connectivity index (χ4v) is 2.34. The third-order valence-electron chi connectivity index (χ3n) is 2.77. The lowest BCUT2D eigenvalue weighted by atomic mass is 9.83. The Morgan fingerprint density at radius 2 is 1.71 bits per heavy atom. The van der Waals surface area contributed by atoms with Crippen LogP contribution in [-0.2, 0) is 10.0 Å². The summed E-state index contributed by atoms with van der Waals surface area (Å²) in [6.45, 7) is 2.89. The molecule has 1 aliphatic carbocycles. The first-order chi connectivity index (χ1) is 5.97. The molecule has 0 amide bonds. The second-order valence-electron chi connectivity index (χ2n) is 4.25. The summed E-state index contributed by atoms with van der Waals surface area (Å²) in [5.41, 5.74) is 0. The van der Waals surface area contributed by atoms with Gasteiger partial charge in [-0.15, -0.1) is 0 Å². The van der Waals surface area contributed by atoms with Crippen LogP contribution in [0.5, 0.6) is 0 Å². The van der Waals surface area contributed by atoms with Gasteiger partial charge in [0.05, 0.1) is 6.26 Å². The zero-order chi connectivity index (χ0) is 9.90. The summed E-state index contributed by atoms with van der Waals surface area (Å²) in [6, 6.07) is 0. The van der Waals surface area contributed by atoms with E-state index in [4.69, 9.17) is 0 Å². The molecule has 0 heterocycles. The first-order valence-corrected chi connectivity index (χ1v) is 6.81. The van der Waals surface area contributed by atoms with Crippen LogP contribution in [-0.4, -0.2) is 21.2 Å². The third kappa shape index (κ3) is 5.60. The maximum absolute atomic E-state index is 10.8. The highest BCUT2D eigenvalue weighted by atomic mass is 32.2. The summed E-state index contributed by atoms with van der Waals surface area (Å²) in [4.78, 5) is 0. The van der Waals surface area contributed by atoms with Gasteiger partial charge in [-0.05, 0) is 24.7 Å². The smallest absolute Gasteiger partial charge is 0.208 e. The van der Waals surface area contributed by atoms with Gasteiger partial charge in [-0.3, -0.25) is 0 Å². The largest absolute Gasteiger partial charge is 0.215 e. The molecular weight excluding hydrogens is 198 g/mol. The lowest BCUT2D eigenvalue weighted by Crippen LogP contribution is -2.30. The van der Waals surface area contributed by atoms with E-state index in [-0.39, 0.29) is 7.43 Å². The molecule has 0 atom stereocenters. The van der Waals surface area contributed by atoms with E-state index in [0.29, 0.717) is 12.5 Å². The SMILES string of the molecule is C.CC1CCC(CNS(C)(=O)=O)CC1. The Bertz CT molecular complexity index is 241. The van der Waals surface area contributed by atoms with Gasteiger partial charge in [0.1, 0.15) is 0 Å². The van der Waals surface area contributed by atoms with Gasteiger partial charge >= 0.3 is 0 Å². The number of sulfonamides is 1. The molecule has 1 aliphatic rings. The number of hydrogen-bond acceptors (Lipinski definition) is 2. The van der Waals surface area contributed by atoms with Gasteiger partial charge in [0.15, 0.2) is 0 Å². The van der Waals surface area contributed by atoms with Crippen LogP contribution in [0, 0.1) is 11.8 Å². The van der Waals surface area contributed by atoms with Crippen molar-refractivity contribution in [2.24, 2.45) is 11.8 Å². The van der Waals surface area contributed by atoms with E-state index in [1.165, 1.54) is 31.9 Å². The maximum Gasteiger partial charge on any atom is 0.208 e. The Labute approximate surface area is 88.3 Å². The molecule has 0 saturated heterocycles. The van der Waals surface area contributed by atoms with Gasteiger partial charge in [0.25, 0.3) is 0 Å². The summed E-state index contributed by atoms with van der Waals surface area (Å²) in [5.74, 6) is 1.39. The lowest BCUT2D eigenvalue weighted by Gasteiger charge is -2.25. The van der Waals surface area contributed by atoms with Gasteiger partial charge in [-0.25, -0.2) is 13.1 Å². The van der Waals surface area contributed by atoms with Gasteiger partial charge in [0, 0.05) is 6.54 Å². The van der Waals surface area contributed by atoms with E-state index in [0.717, 1.165) is 5.92 Å². The van der Waals surface area contributed by atoms with Crippen molar-refractivity contribution in [3.05, 3.63) is 0 Å².